The van der Waals surface area contributed by atoms with E-state index in [0.717, 1.165) is 42.9 Å². The summed E-state index contributed by atoms with van der Waals surface area (Å²) in [6.45, 7) is 7.01. The van der Waals surface area contributed by atoms with Gasteiger partial charge in [-0.15, -0.1) is 0 Å². The number of aryl methyl sites for hydroxylation is 2. The lowest BCUT2D eigenvalue weighted by Gasteiger charge is -2.19. The Morgan fingerprint density at radius 1 is 1.41 bits per heavy atom. The molecule has 0 radical (unpaired) electrons. The van der Waals surface area contributed by atoms with Gasteiger partial charge in [-0.05, 0) is 13.8 Å². The second kappa shape index (κ2) is 5.09. The van der Waals surface area contributed by atoms with Crippen LogP contribution in [0.3, 0.4) is 0 Å². The smallest absolute Gasteiger partial charge is 0.199 e. The summed E-state index contributed by atoms with van der Waals surface area (Å²) in [6, 6.07) is 1.91. The van der Waals surface area contributed by atoms with Crippen molar-refractivity contribution in [2.24, 2.45) is 10.7 Å². The van der Waals surface area contributed by atoms with E-state index in [4.69, 9.17) is 5.73 Å². The predicted molar refractivity (Wildman–Crippen MR) is 68.1 cm³/mol. The Kier molecular flexibility index (Phi) is 3.53. The van der Waals surface area contributed by atoms with Crippen LogP contribution >= 0.6 is 0 Å². The quantitative estimate of drug-likeness (QED) is 0.777. The highest BCUT2D eigenvalue weighted by Gasteiger charge is 2.16. The maximum absolute atomic E-state index is 5.56. The number of rotatable bonds is 3. The van der Waals surface area contributed by atoms with Crippen LogP contribution in [0.5, 0.6) is 0 Å². The Balaban J connectivity index is 2.09. The normalized spacial score (nSPS) is 15.0. The number of hydrogen-bond donors (Lipinski definition) is 2. The van der Waals surface area contributed by atoms with Gasteiger partial charge in [0.1, 0.15) is 11.6 Å². The molecule has 0 amide bonds. The van der Waals surface area contributed by atoms with Gasteiger partial charge in [-0.3, -0.25) is 4.99 Å². The summed E-state index contributed by atoms with van der Waals surface area (Å²) in [5.41, 5.74) is 6.51. The van der Waals surface area contributed by atoms with Gasteiger partial charge in [0, 0.05) is 31.4 Å². The predicted octanol–water partition coefficient (Wildman–Crippen LogP) is 0.136. The van der Waals surface area contributed by atoms with Crippen molar-refractivity contribution in [3.63, 3.8) is 0 Å². The number of aromatic nitrogens is 2. The number of nitrogens with zero attached hydrogens (tertiary/aromatic N) is 4. The molecule has 1 aromatic heterocycles. The monoisotopic (exact) mass is 234 g/mol. The van der Waals surface area contributed by atoms with Crippen LogP contribution in [0.2, 0.25) is 0 Å². The van der Waals surface area contributed by atoms with Crippen molar-refractivity contribution in [1.29, 1.82) is 0 Å². The minimum Gasteiger partial charge on any atom is -0.340 e. The maximum Gasteiger partial charge on any atom is 0.199 e. The zero-order valence-corrected chi connectivity index (χ0v) is 10.3. The topological polar surface area (TPSA) is 79.4 Å². The second-order valence-electron chi connectivity index (χ2n) is 4.05. The molecule has 1 aliphatic rings. The summed E-state index contributed by atoms with van der Waals surface area (Å²) in [4.78, 5) is 15.1. The third kappa shape index (κ3) is 2.91. The van der Waals surface area contributed by atoms with Gasteiger partial charge in [0.25, 0.3) is 0 Å². The van der Waals surface area contributed by atoms with E-state index >= 15 is 0 Å². The first-order valence-corrected chi connectivity index (χ1v) is 5.78. The summed E-state index contributed by atoms with van der Waals surface area (Å²) in [5, 5.41) is 3.23. The molecule has 6 heteroatoms. The first kappa shape index (κ1) is 11.8. The van der Waals surface area contributed by atoms with Crippen molar-refractivity contribution in [2.75, 3.05) is 31.5 Å². The zero-order chi connectivity index (χ0) is 12.3. The maximum atomic E-state index is 5.56. The van der Waals surface area contributed by atoms with Crippen LogP contribution in [0.4, 0.5) is 5.82 Å². The summed E-state index contributed by atoms with van der Waals surface area (Å²) in [7, 11) is 0. The van der Waals surface area contributed by atoms with Gasteiger partial charge in [0.2, 0.25) is 0 Å². The number of nitrogens with two attached hydrogens (primary N) is 1. The van der Waals surface area contributed by atoms with Gasteiger partial charge in [-0.25, -0.2) is 9.97 Å². The zero-order valence-electron chi connectivity index (χ0n) is 10.3. The number of hydrogen-bond acceptors (Lipinski definition) is 6. The van der Waals surface area contributed by atoms with E-state index in [1.165, 1.54) is 0 Å². The van der Waals surface area contributed by atoms with Gasteiger partial charge in [0.15, 0.2) is 5.96 Å². The molecular weight excluding hydrogens is 216 g/mol. The van der Waals surface area contributed by atoms with Gasteiger partial charge >= 0.3 is 0 Å². The molecule has 1 aromatic rings. The lowest BCUT2D eigenvalue weighted by atomic mass is 10.4. The molecule has 0 aromatic carbocycles. The van der Waals surface area contributed by atoms with Crippen LogP contribution in [-0.4, -0.2) is 47.0 Å². The molecule has 0 saturated carbocycles. The molecule has 0 bridgehead atoms. The van der Waals surface area contributed by atoms with E-state index in [2.05, 4.69) is 25.2 Å². The molecule has 0 saturated heterocycles. The van der Waals surface area contributed by atoms with Crippen LogP contribution < -0.4 is 11.1 Å². The number of nitrogens with one attached hydrogen (secondary N) is 1. The Morgan fingerprint density at radius 3 is 2.94 bits per heavy atom. The van der Waals surface area contributed by atoms with Gasteiger partial charge in [0.05, 0.1) is 6.54 Å². The molecule has 0 spiro atoms. The van der Waals surface area contributed by atoms with E-state index in [1.54, 1.807) is 0 Å². The number of anilines is 1. The molecule has 2 rings (SSSR count). The fraction of sp³-hybridized carbons (Fsp3) is 0.545. The average Bonchev–Trinajstić information content (AvgIpc) is 2.65. The highest BCUT2D eigenvalue weighted by atomic mass is 15.3. The van der Waals surface area contributed by atoms with Crippen LogP contribution in [0, 0.1) is 13.8 Å². The van der Waals surface area contributed by atoms with Gasteiger partial charge < -0.3 is 16.0 Å². The van der Waals surface area contributed by atoms with Crippen molar-refractivity contribution in [3.8, 4) is 0 Å². The van der Waals surface area contributed by atoms with Crippen molar-refractivity contribution in [2.45, 2.75) is 13.8 Å². The lowest BCUT2D eigenvalue weighted by Crippen LogP contribution is -2.37. The molecule has 17 heavy (non-hydrogen) atoms. The van der Waals surface area contributed by atoms with Crippen molar-refractivity contribution in [3.05, 3.63) is 17.6 Å². The van der Waals surface area contributed by atoms with Gasteiger partial charge in [-0.1, -0.05) is 0 Å². The average molecular weight is 234 g/mol. The van der Waals surface area contributed by atoms with Crippen molar-refractivity contribution < 1.29 is 0 Å². The molecule has 92 valence electrons. The van der Waals surface area contributed by atoms with Crippen LogP contribution in [-0.2, 0) is 0 Å². The summed E-state index contributed by atoms with van der Waals surface area (Å²) >= 11 is 0. The third-order valence-corrected chi connectivity index (χ3v) is 2.54. The SMILES string of the molecule is Cc1cc(NC2=NCCN2CCN)nc(C)n1. The number of aliphatic imine (C=N–C) groups is 1. The van der Waals surface area contributed by atoms with E-state index < -0.39 is 0 Å². The largest absolute Gasteiger partial charge is 0.340 e. The Labute approximate surface area is 101 Å². The van der Waals surface area contributed by atoms with Crippen LogP contribution in [0.1, 0.15) is 11.5 Å². The van der Waals surface area contributed by atoms with Gasteiger partial charge in [-0.2, -0.15) is 0 Å². The molecule has 6 nitrogen and oxygen atoms in total. The molecule has 0 atom stereocenters. The summed E-state index contributed by atoms with van der Waals surface area (Å²) in [5.74, 6) is 2.40. The fourth-order valence-electron chi connectivity index (χ4n) is 1.87. The molecule has 1 aliphatic heterocycles. The second-order valence-corrected chi connectivity index (χ2v) is 4.05. The third-order valence-electron chi connectivity index (χ3n) is 2.54. The molecule has 2 heterocycles. The highest BCUT2D eigenvalue weighted by molar-refractivity contribution is 5.93. The standard InChI is InChI=1S/C11H18N6/c1-8-7-10(15-9(2)14-8)16-11-13-4-6-17(11)5-3-12/h7H,3-6,12H2,1-2H3,(H,13,14,15,16). The van der Waals surface area contributed by atoms with Crippen molar-refractivity contribution in [1.82, 2.24) is 14.9 Å². The minimum absolute atomic E-state index is 0.628. The van der Waals surface area contributed by atoms with E-state index in [0.29, 0.717) is 6.54 Å². The summed E-state index contributed by atoms with van der Waals surface area (Å²) in [6.07, 6.45) is 0. The first-order valence-electron chi connectivity index (χ1n) is 5.78. The first-order chi connectivity index (χ1) is 8.19. The summed E-state index contributed by atoms with van der Waals surface area (Å²) < 4.78 is 0. The Morgan fingerprint density at radius 2 is 2.24 bits per heavy atom. The lowest BCUT2D eigenvalue weighted by molar-refractivity contribution is 0.466. The molecular formula is C11H18N6. The van der Waals surface area contributed by atoms with E-state index in [-0.39, 0.29) is 0 Å². The highest BCUT2D eigenvalue weighted by Crippen LogP contribution is 2.09. The van der Waals surface area contributed by atoms with Crippen LogP contribution in [0.15, 0.2) is 11.1 Å². The molecule has 3 N–H and O–H groups in total. The van der Waals surface area contributed by atoms with Crippen molar-refractivity contribution >= 4 is 11.8 Å². The molecule has 0 unspecified atom stereocenters. The number of guanidine groups is 1. The Bertz CT molecular complexity index is 408. The minimum atomic E-state index is 0.628. The molecule has 0 aliphatic carbocycles. The molecule has 0 fully saturated rings. The van der Waals surface area contributed by atoms with E-state index in [1.807, 2.05) is 19.9 Å². The Hall–Kier alpha value is -1.69. The van der Waals surface area contributed by atoms with E-state index in [9.17, 15) is 0 Å². The fourth-order valence-corrected chi connectivity index (χ4v) is 1.87. The van der Waals surface area contributed by atoms with Crippen LogP contribution in [0.25, 0.3) is 0 Å².